The maximum absolute atomic E-state index is 12.3. The number of aryl methyl sites for hydroxylation is 2. The SMILES string of the molecule is CO/N=C(\C)c1ccc(OCc2c(OC)cccc2-n2nnn(C)c2=O)c(C)c1. The molecule has 0 radical (unpaired) electrons. The fourth-order valence-corrected chi connectivity index (χ4v) is 2.93. The first-order chi connectivity index (χ1) is 14.0. The Morgan fingerprint density at radius 3 is 2.55 bits per heavy atom. The number of rotatable bonds is 7. The van der Waals surface area contributed by atoms with Gasteiger partial charge in [-0.3, -0.25) is 0 Å². The largest absolute Gasteiger partial charge is 0.496 e. The molecule has 3 rings (SSSR count). The zero-order valence-electron chi connectivity index (χ0n) is 17.0. The number of benzene rings is 2. The van der Waals surface area contributed by atoms with Crippen molar-refractivity contribution < 1.29 is 14.3 Å². The molecule has 29 heavy (non-hydrogen) atoms. The fourth-order valence-electron chi connectivity index (χ4n) is 2.93. The van der Waals surface area contributed by atoms with Crippen molar-refractivity contribution >= 4 is 5.71 Å². The quantitative estimate of drug-likeness (QED) is 0.448. The van der Waals surface area contributed by atoms with E-state index < -0.39 is 0 Å². The minimum absolute atomic E-state index is 0.188. The van der Waals surface area contributed by atoms with E-state index in [1.807, 2.05) is 38.1 Å². The van der Waals surface area contributed by atoms with Crippen molar-refractivity contribution in [2.75, 3.05) is 14.2 Å². The van der Waals surface area contributed by atoms with E-state index in [-0.39, 0.29) is 12.3 Å². The lowest BCUT2D eigenvalue weighted by atomic mass is 10.1. The molecule has 0 saturated heterocycles. The normalized spacial score (nSPS) is 11.4. The molecule has 0 N–H and O–H groups in total. The number of hydrogen-bond donors (Lipinski definition) is 0. The monoisotopic (exact) mass is 397 g/mol. The number of nitrogens with zero attached hydrogens (tertiary/aromatic N) is 5. The van der Waals surface area contributed by atoms with Crippen LogP contribution in [0.25, 0.3) is 5.69 Å². The van der Waals surface area contributed by atoms with Crippen LogP contribution in [0.3, 0.4) is 0 Å². The lowest BCUT2D eigenvalue weighted by Gasteiger charge is -2.15. The molecular weight excluding hydrogens is 374 g/mol. The van der Waals surface area contributed by atoms with Crippen molar-refractivity contribution in [3.05, 3.63) is 63.6 Å². The molecule has 2 aromatic carbocycles. The Labute approximate surface area is 168 Å². The highest BCUT2D eigenvalue weighted by atomic mass is 16.6. The van der Waals surface area contributed by atoms with Gasteiger partial charge in [-0.05, 0) is 65.7 Å². The van der Waals surface area contributed by atoms with Crippen LogP contribution in [-0.4, -0.2) is 39.7 Å². The van der Waals surface area contributed by atoms with Crippen LogP contribution in [0.4, 0.5) is 0 Å². The Morgan fingerprint density at radius 2 is 1.93 bits per heavy atom. The van der Waals surface area contributed by atoms with Gasteiger partial charge in [0.05, 0.1) is 24.1 Å². The molecule has 0 spiro atoms. The number of methoxy groups -OCH3 is 1. The second-order valence-electron chi connectivity index (χ2n) is 6.38. The topological polar surface area (TPSA) is 92.8 Å². The van der Waals surface area contributed by atoms with Gasteiger partial charge in [-0.2, -0.15) is 9.36 Å². The highest BCUT2D eigenvalue weighted by Crippen LogP contribution is 2.27. The number of oxime groups is 1. The van der Waals surface area contributed by atoms with Crippen LogP contribution in [0.15, 0.2) is 46.3 Å². The first kappa shape index (κ1) is 20.1. The molecule has 1 heterocycles. The van der Waals surface area contributed by atoms with Crippen molar-refractivity contribution in [1.82, 2.24) is 19.8 Å². The maximum Gasteiger partial charge on any atom is 0.368 e. The third kappa shape index (κ3) is 4.13. The average Bonchev–Trinajstić information content (AvgIpc) is 3.05. The van der Waals surface area contributed by atoms with Gasteiger partial charge in [0.1, 0.15) is 25.2 Å². The Hall–Kier alpha value is -3.62. The van der Waals surface area contributed by atoms with E-state index in [0.717, 1.165) is 21.5 Å². The molecule has 0 fully saturated rings. The third-order valence-electron chi connectivity index (χ3n) is 4.47. The summed E-state index contributed by atoms with van der Waals surface area (Å²) in [7, 11) is 4.63. The number of hydrogen-bond acceptors (Lipinski definition) is 7. The Morgan fingerprint density at radius 1 is 1.14 bits per heavy atom. The zero-order chi connectivity index (χ0) is 21.0. The highest BCUT2D eigenvalue weighted by molar-refractivity contribution is 5.98. The van der Waals surface area contributed by atoms with Gasteiger partial charge in [0.2, 0.25) is 0 Å². The second kappa shape index (κ2) is 8.59. The summed E-state index contributed by atoms with van der Waals surface area (Å²) in [5.41, 5.74) is 3.56. The van der Waals surface area contributed by atoms with E-state index in [1.165, 1.54) is 11.8 Å². The Balaban J connectivity index is 1.92. The van der Waals surface area contributed by atoms with Crippen LogP contribution in [0.5, 0.6) is 11.5 Å². The molecule has 3 aromatic rings. The smallest absolute Gasteiger partial charge is 0.368 e. The number of tetrazole rings is 1. The standard InChI is InChI=1S/C20H23N5O4/c1-13-11-15(14(2)21-28-5)9-10-18(13)29-12-16-17(7-6-8-19(16)27-4)25-20(26)24(3)22-23-25/h6-11H,12H2,1-5H3/b21-14+. The molecule has 9 heteroatoms. The summed E-state index contributed by atoms with van der Waals surface area (Å²) in [6.45, 7) is 4.02. The molecule has 0 aliphatic carbocycles. The van der Waals surface area contributed by atoms with Crippen molar-refractivity contribution in [2.45, 2.75) is 20.5 Å². The van der Waals surface area contributed by atoms with Crippen molar-refractivity contribution in [3.63, 3.8) is 0 Å². The lowest BCUT2D eigenvalue weighted by molar-refractivity contribution is 0.213. The minimum Gasteiger partial charge on any atom is -0.496 e. The Bertz CT molecular complexity index is 1100. The van der Waals surface area contributed by atoms with E-state index in [4.69, 9.17) is 14.3 Å². The van der Waals surface area contributed by atoms with E-state index in [0.29, 0.717) is 22.7 Å². The molecule has 0 aliphatic heterocycles. The van der Waals surface area contributed by atoms with Gasteiger partial charge in [0.25, 0.3) is 0 Å². The summed E-state index contributed by atoms with van der Waals surface area (Å²) < 4.78 is 13.9. The second-order valence-corrected chi connectivity index (χ2v) is 6.38. The molecule has 0 amide bonds. The van der Waals surface area contributed by atoms with Gasteiger partial charge < -0.3 is 14.3 Å². The first-order valence-electron chi connectivity index (χ1n) is 8.93. The minimum atomic E-state index is -0.354. The molecule has 0 unspecified atom stereocenters. The van der Waals surface area contributed by atoms with Gasteiger partial charge in [-0.1, -0.05) is 11.2 Å². The molecule has 0 atom stereocenters. The summed E-state index contributed by atoms with van der Waals surface area (Å²) in [5.74, 6) is 1.31. The number of ether oxygens (including phenoxy) is 2. The predicted octanol–water partition coefficient (Wildman–Crippen LogP) is 2.23. The predicted molar refractivity (Wildman–Crippen MR) is 108 cm³/mol. The van der Waals surface area contributed by atoms with Gasteiger partial charge in [-0.25, -0.2) is 4.79 Å². The maximum atomic E-state index is 12.3. The summed E-state index contributed by atoms with van der Waals surface area (Å²) in [4.78, 5) is 17.1. The van der Waals surface area contributed by atoms with E-state index in [9.17, 15) is 4.79 Å². The van der Waals surface area contributed by atoms with Crippen molar-refractivity contribution in [3.8, 4) is 17.2 Å². The van der Waals surface area contributed by atoms with Crippen molar-refractivity contribution in [1.29, 1.82) is 0 Å². The third-order valence-corrected chi connectivity index (χ3v) is 4.47. The van der Waals surface area contributed by atoms with E-state index >= 15 is 0 Å². The molecule has 152 valence electrons. The first-order valence-corrected chi connectivity index (χ1v) is 8.93. The molecule has 0 aliphatic rings. The molecule has 0 bridgehead atoms. The van der Waals surface area contributed by atoms with Gasteiger partial charge >= 0.3 is 5.69 Å². The lowest BCUT2D eigenvalue weighted by Crippen LogP contribution is -2.23. The van der Waals surface area contributed by atoms with Crippen LogP contribution in [-0.2, 0) is 18.5 Å². The van der Waals surface area contributed by atoms with Crippen LogP contribution in [0.1, 0.15) is 23.6 Å². The van der Waals surface area contributed by atoms with E-state index in [2.05, 4.69) is 15.6 Å². The van der Waals surface area contributed by atoms with Crippen molar-refractivity contribution in [2.24, 2.45) is 12.2 Å². The van der Waals surface area contributed by atoms with Crippen LogP contribution in [0.2, 0.25) is 0 Å². The summed E-state index contributed by atoms with van der Waals surface area (Å²) >= 11 is 0. The highest BCUT2D eigenvalue weighted by Gasteiger charge is 2.16. The molecule has 9 nitrogen and oxygen atoms in total. The van der Waals surface area contributed by atoms with Gasteiger partial charge in [0.15, 0.2) is 0 Å². The summed E-state index contributed by atoms with van der Waals surface area (Å²) in [6, 6.07) is 11.1. The summed E-state index contributed by atoms with van der Waals surface area (Å²) in [5, 5.41) is 11.6. The average molecular weight is 397 g/mol. The fraction of sp³-hybridized carbons (Fsp3) is 0.300. The molecule has 1 aromatic heterocycles. The van der Waals surface area contributed by atoms with Gasteiger partial charge in [-0.15, -0.1) is 0 Å². The van der Waals surface area contributed by atoms with Crippen LogP contribution < -0.4 is 15.2 Å². The zero-order valence-corrected chi connectivity index (χ0v) is 17.0. The molecule has 0 saturated carbocycles. The van der Waals surface area contributed by atoms with E-state index in [1.54, 1.807) is 26.3 Å². The van der Waals surface area contributed by atoms with Crippen LogP contribution in [0, 0.1) is 6.92 Å². The summed E-state index contributed by atoms with van der Waals surface area (Å²) in [6.07, 6.45) is 0. The van der Waals surface area contributed by atoms with Gasteiger partial charge in [0, 0.05) is 7.05 Å². The Kier molecular flexibility index (Phi) is 5.96. The molecular formula is C20H23N5O4. The number of aromatic nitrogens is 4. The van der Waals surface area contributed by atoms with Crippen LogP contribution >= 0.6 is 0 Å².